The Morgan fingerprint density at radius 3 is 2.45 bits per heavy atom. The minimum absolute atomic E-state index is 0. The molecule has 1 aliphatic rings. The SMILES string of the molecule is O=C([O-])C1Cc2ccc(OCCc3coc(-c4ccccc4)n3)cc2CN1S(=O)(=O)Cc1ccccc1.[K+]. The number of carboxylic acids is 1. The van der Waals surface area contributed by atoms with Gasteiger partial charge >= 0.3 is 51.4 Å². The van der Waals surface area contributed by atoms with Crippen LogP contribution < -0.4 is 61.2 Å². The molecule has 0 spiro atoms. The molecule has 0 aliphatic carbocycles. The summed E-state index contributed by atoms with van der Waals surface area (Å²) in [4.78, 5) is 16.4. The molecule has 2 heterocycles. The van der Waals surface area contributed by atoms with Gasteiger partial charge in [0.15, 0.2) is 0 Å². The molecule has 0 saturated carbocycles. The fraction of sp³-hybridized carbons (Fsp3) is 0.214. The van der Waals surface area contributed by atoms with Crippen molar-refractivity contribution in [3.05, 3.63) is 108 Å². The number of benzene rings is 3. The molecule has 5 rings (SSSR count). The third-order valence-corrected chi connectivity index (χ3v) is 8.08. The summed E-state index contributed by atoms with van der Waals surface area (Å²) in [7, 11) is -3.91. The molecule has 10 heteroatoms. The van der Waals surface area contributed by atoms with E-state index in [1.165, 1.54) is 0 Å². The van der Waals surface area contributed by atoms with Crippen LogP contribution in [0.25, 0.3) is 11.5 Å². The van der Waals surface area contributed by atoms with E-state index in [9.17, 15) is 18.3 Å². The second-order valence-electron chi connectivity index (χ2n) is 8.87. The molecule has 0 fully saturated rings. The quantitative estimate of drug-likeness (QED) is 0.266. The zero-order valence-corrected chi connectivity index (χ0v) is 24.9. The van der Waals surface area contributed by atoms with Gasteiger partial charge in [-0.05, 0) is 47.4 Å². The number of nitrogens with zero attached hydrogens (tertiary/aromatic N) is 2. The topological polar surface area (TPSA) is 113 Å². The fourth-order valence-corrected chi connectivity index (χ4v) is 6.06. The molecule has 8 nitrogen and oxygen atoms in total. The number of sulfonamides is 1. The number of rotatable bonds is 9. The Morgan fingerprint density at radius 2 is 1.74 bits per heavy atom. The van der Waals surface area contributed by atoms with Gasteiger partial charge in [0.2, 0.25) is 15.9 Å². The molecule has 0 amide bonds. The van der Waals surface area contributed by atoms with Crippen molar-refractivity contribution >= 4 is 16.0 Å². The number of carbonyl (C=O) groups excluding carboxylic acids is 1. The molecule has 3 aromatic carbocycles. The number of ether oxygens (including phenoxy) is 1. The van der Waals surface area contributed by atoms with Crippen molar-refractivity contribution < 1.29 is 78.9 Å². The first-order valence-electron chi connectivity index (χ1n) is 11.9. The molecule has 1 atom stereocenters. The number of aromatic nitrogens is 1. The first-order chi connectivity index (χ1) is 17.9. The van der Waals surface area contributed by atoms with Gasteiger partial charge in [-0.25, -0.2) is 13.4 Å². The van der Waals surface area contributed by atoms with E-state index < -0.39 is 22.0 Å². The first-order valence-corrected chi connectivity index (χ1v) is 13.5. The van der Waals surface area contributed by atoms with Gasteiger partial charge < -0.3 is 19.1 Å². The summed E-state index contributed by atoms with van der Waals surface area (Å²) in [5.74, 6) is -0.585. The van der Waals surface area contributed by atoms with E-state index in [0.29, 0.717) is 35.8 Å². The number of fused-ring (bicyclic) bond motifs is 1. The van der Waals surface area contributed by atoms with E-state index in [-0.39, 0.29) is 70.1 Å². The molecule has 1 aliphatic heterocycles. The van der Waals surface area contributed by atoms with Crippen LogP contribution in [-0.4, -0.2) is 36.3 Å². The second kappa shape index (κ2) is 12.7. The van der Waals surface area contributed by atoms with E-state index in [1.807, 2.05) is 30.3 Å². The van der Waals surface area contributed by atoms with Crippen LogP contribution in [0, 0.1) is 0 Å². The molecule has 0 N–H and O–H groups in total. The summed E-state index contributed by atoms with van der Waals surface area (Å²) in [5, 5.41) is 11.9. The summed E-state index contributed by atoms with van der Waals surface area (Å²) < 4.78 is 38.9. The monoisotopic (exact) mass is 556 g/mol. The predicted molar refractivity (Wildman–Crippen MR) is 135 cm³/mol. The van der Waals surface area contributed by atoms with Gasteiger partial charge in [-0.3, -0.25) is 0 Å². The van der Waals surface area contributed by atoms with Crippen LogP contribution in [0.5, 0.6) is 5.75 Å². The van der Waals surface area contributed by atoms with Gasteiger partial charge in [0, 0.05) is 18.5 Å². The maximum Gasteiger partial charge on any atom is 1.00 e. The minimum Gasteiger partial charge on any atom is -0.548 e. The zero-order valence-electron chi connectivity index (χ0n) is 20.9. The van der Waals surface area contributed by atoms with Gasteiger partial charge in [0.25, 0.3) is 0 Å². The Kier molecular flexibility index (Phi) is 9.58. The summed E-state index contributed by atoms with van der Waals surface area (Å²) in [6.07, 6.45) is 2.17. The average molecular weight is 557 g/mol. The first kappa shape index (κ1) is 28.7. The average Bonchev–Trinajstić information content (AvgIpc) is 3.38. The number of carboxylic acid groups (broad SMARTS) is 1. The Morgan fingerprint density at radius 1 is 1.03 bits per heavy atom. The largest absolute Gasteiger partial charge is 1.00 e. The molecule has 38 heavy (non-hydrogen) atoms. The molecule has 0 radical (unpaired) electrons. The van der Waals surface area contributed by atoms with Crippen LogP contribution in [0.4, 0.5) is 0 Å². The van der Waals surface area contributed by atoms with Gasteiger partial charge in [0.05, 0.1) is 30.1 Å². The summed E-state index contributed by atoms with van der Waals surface area (Å²) in [5.41, 5.74) is 3.71. The fourth-order valence-electron chi connectivity index (χ4n) is 4.40. The van der Waals surface area contributed by atoms with E-state index in [4.69, 9.17) is 9.15 Å². The van der Waals surface area contributed by atoms with E-state index in [0.717, 1.165) is 21.1 Å². The van der Waals surface area contributed by atoms with Crippen molar-refractivity contribution in [3.8, 4) is 17.2 Å². The van der Waals surface area contributed by atoms with Gasteiger partial charge in [-0.15, -0.1) is 0 Å². The van der Waals surface area contributed by atoms with Crippen molar-refractivity contribution in [1.29, 1.82) is 0 Å². The predicted octanol–water partition coefficient (Wildman–Crippen LogP) is -0.0263. The van der Waals surface area contributed by atoms with Gasteiger partial charge in [0.1, 0.15) is 12.0 Å². The second-order valence-corrected chi connectivity index (χ2v) is 10.8. The zero-order chi connectivity index (χ0) is 25.8. The molecule has 190 valence electrons. The van der Waals surface area contributed by atoms with Crippen molar-refractivity contribution in [3.63, 3.8) is 0 Å². The molecule has 0 bridgehead atoms. The third-order valence-electron chi connectivity index (χ3n) is 6.29. The molecule has 0 saturated heterocycles. The molecular weight excluding hydrogens is 531 g/mol. The summed E-state index contributed by atoms with van der Waals surface area (Å²) in [6.45, 7) is 0.279. The normalized spacial score (nSPS) is 15.3. The van der Waals surface area contributed by atoms with Crippen molar-refractivity contribution in [1.82, 2.24) is 9.29 Å². The van der Waals surface area contributed by atoms with Crippen LogP contribution in [0.3, 0.4) is 0 Å². The van der Waals surface area contributed by atoms with Crippen molar-refractivity contribution in [2.24, 2.45) is 0 Å². The standard InChI is InChI=1S/C28H26N2O6S.K/c31-28(32)26-16-22-11-12-25(35-14-13-24-18-36-27(29-24)21-9-5-2-6-10-21)15-23(22)17-30(26)37(33,34)19-20-7-3-1-4-8-20;/h1-12,15,18,26H,13-14,16-17,19H2,(H,31,32);/q;+1/p-1. The molecule has 1 aromatic heterocycles. The van der Waals surface area contributed by atoms with Gasteiger partial charge in [-0.1, -0.05) is 54.6 Å². The maximum atomic E-state index is 13.2. The number of hydrogen-bond acceptors (Lipinski definition) is 7. The Balaban J connectivity index is 0.00000336. The summed E-state index contributed by atoms with van der Waals surface area (Å²) >= 11 is 0. The van der Waals surface area contributed by atoms with Crippen molar-refractivity contribution in [2.75, 3.05) is 6.61 Å². The smallest absolute Gasteiger partial charge is 0.548 e. The van der Waals surface area contributed by atoms with Crippen LogP contribution >= 0.6 is 0 Å². The van der Waals surface area contributed by atoms with Crippen LogP contribution in [0.2, 0.25) is 0 Å². The molecule has 1 unspecified atom stereocenters. The van der Waals surface area contributed by atoms with E-state index >= 15 is 0 Å². The van der Waals surface area contributed by atoms with Crippen LogP contribution in [-0.2, 0) is 40.0 Å². The molecular formula is C28H25KN2O6S. The van der Waals surface area contributed by atoms with E-state index in [2.05, 4.69) is 4.98 Å². The third kappa shape index (κ3) is 6.81. The minimum atomic E-state index is -3.91. The number of hydrogen-bond donors (Lipinski definition) is 0. The van der Waals surface area contributed by atoms with Crippen LogP contribution in [0.1, 0.15) is 22.4 Å². The Hall–Kier alpha value is -2.31. The Bertz CT molecular complexity index is 1490. The van der Waals surface area contributed by atoms with Gasteiger partial charge in [-0.2, -0.15) is 4.31 Å². The number of aliphatic carboxylic acids is 1. The Labute approximate surface area is 264 Å². The molecule has 4 aromatic rings. The number of carbonyl (C=O) groups is 1. The van der Waals surface area contributed by atoms with Crippen molar-refractivity contribution in [2.45, 2.75) is 31.2 Å². The maximum absolute atomic E-state index is 13.2. The van der Waals surface area contributed by atoms with E-state index in [1.54, 1.807) is 54.8 Å². The summed E-state index contributed by atoms with van der Waals surface area (Å²) in [6, 6.07) is 22.4. The number of oxazole rings is 1. The van der Waals surface area contributed by atoms with Crippen LogP contribution in [0.15, 0.2) is 89.5 Å².